The number of rotatable bonds is 7. The van der Waals surface area contributed by atoms with E-state index in [1.807, 2.05) is 11.8 Å². The first-order valence-corrected chi connectivity index (χ1v) is 14.6. The van der Waals surface area contributed by atoms with E-state index in [0.717, 1.165) is 30.4 Å². The molecule has 3 atom stereocenters. The molecule has 0 saturated carbocycles. The van der Waals surface area contributed by atoms with Crippen LogP contribution in [0.15, 0.2) is 35.2 Å². The number of nitrogens with zero attached hydrogens (tertiary/aromatic N) is 4. The van der Waals surface area contributed by atoms with Gasteiger partial charge in [-0.2, -0.15) is 0 Å². The van der Waals surface area contributed by atoms with Crippen LogP contribution in [0.5, 0.6) is 0 Å². The van der Waals surface area contributed by atoms with Crippen molar-refractivity contribution in [1.29, 1.82) is 0 Å². The summed E-state index contributed by atoms with van der Waals surface area (Å²) >= 11 is 1.28. The Labute approximate surface area is 206 Å². The molecule has 0 bridgehead atoms. The molecule has 5 aliphatic rings. The maximum atomic E-state index is 13.8. The molecule has 11 heteroatoms. The molecular weight excluding hydrogens is 474 g/mol. The molecular formula is C23H33N5O4S2. The highest BCUT2D eigenvalue weighted by Crippen LogP contribution is 2.44. The number of fused-ring (bicyclic) bond motifs is 2. The third kappa shape index (κ3) is 4.05. The lowest BCUT2D eigenvalue weighted by molar-refractivity contribution is -0.134. The summed E-state index contributed by atoms with van der Waals surface area (Å²) in [5.74, 6) is -0.810. The highest BCUT2D eigenvalue weighted by Gasteiger charge is 2.58. The standard InChI is InChI=1S/C23H33N5O4S2/c1-2-7-17-22-18(9-15-26(22)21(29)10-14-25-11-4-3-5-12-25)28(23(17)30)34(31,32)20-8-6-13-27-19(20)16-24-33-27/h6,8,13,16-18,22,24H,2-5,7,9-12,14-15H2,1H3/t17-,18+,22-/m1/s1. The maximum Gasteiger partial charge on any atom is 0.268 e. The van der Waals surface area contributed by atoms with Crippen LogP contribution in [-0.4, -0.2) is 76.9 Å². The van der Waals surface area contributed by atoms with Crippen LogP contribution in [0.3, 0.4) is 0 Å². The lowest BCUT2D eigenvalue weighted by Gasteiger charge is -2.30. The molecule has 0 unspecified atom stereocenters. The van der Waals surface area contributed by atoms with Crippen molar-refractivity contribution >= 4 is 34.0 Å². The Morgan fingerprint density at radius 3 is 2.76 bits per heavy atom. The minimum Gasteiger partial charge on any atom is -0.337 e. The van der Waals surface area contributed by atoms with Gasteiger partial charge in [0.1, 0.15) is 4.91 Å². The minimum atomic E-state index is -4.06. The fourth-order valence-corrected chi connectivity index (χ4v) is 8.51. The number of allylic oxidation sites excluding steroid dienone is 2. The van der Waals surface area contributed by atoms with Crippen LogP contribution >= 0.6 is 12.1 Å². The fraction of sp³-hybridized carbons (Fsp3) is 0.652. The van der Waals surface area contributed by atoms with Crippen molar-refractivity contribution < 1.29 is 18.0 Å². The molecule has 34 heavy (non-hydrogen) atoms. The highest BCUT2D eigenvalue weighted by molar-refractivity contribution is 7.96. The second kappa shape index (κ2) is 9.58. The van der Waals surface area contributed by atoms with E-state index in [4.69, 9.17) is 0 Å². The predicted molar refractivity (Wildman–Crippen MR) is 131 cm³/mol. The lowest BCUT2D eigenvalue weighted by atomic mass is 9.94. The molecule has 9 nitrogen and oxygen atoms in total. The van der Waals surface area contributed by atoms with Crippen molar-refractivity contribution in [2.75, 3.05) is 26.2 Å². The predicted octanol–water partition coefficient (Wildman–Crippen LogP) is 2.14. The van der Waals surface area contributed by atoms with Crippen LogP contribution in [0.25, 0.3) is 0 Å². The molecule has 0 aromatic carbocycles. The first-order chi connectivity index (χ1) is 16.4. The van der Waals surface area contributed by atoms with Gasteiger partial charge in [0.05, 0.1) is 35.8 Å². The summed E-state index contributed by atoms with van der Waals surface area (Å²) in [5, 5.41) is 0. The van der Waals surface area contributed by atoms with Gasteiger partial charge in [0.25, 0.3) is 10.0 Å². The van der Waals surface area contributed by atoms with Gasteiger partial charge >= 0.3 is 0 Å². The number of carbonyl (C=O) groups excluding carboxylic acids is 2. The van der Waals surface area contributed by atoms with E-state index in [0.29, 0.717) is 31.5 Å². The molecule has 0 aromatic rings. The lowest BCUT2D eigenvalue weighted by Crippen LogP contribution is -2.44. The van der Waals surface area contributed by atoms with Gasteiger partial charge in [0.2, 0.25) is 11.8 Å². The van der Waals surface area contributed by atoms with Gasteiger partial charge in [-0.05, 0) is 50.9 Å². The van der Waals surface area contributed by atoms with E-state index in [1.165, 1.54) is 31.4 Å². The van der Waals surface area contributed by atoms with Crippen molar-refractivity contribution in [3.05, 3.63) is 35.2 Å². The van der Waals surface area contributed by atoms with E-state index in [-0.39, 0.29) is 22.8 Å². The Hall–Kier alpha value is -1.98. The third-order valence-electron chi connectivity index (χ3n) is 7.52. The number of hydrogen-bond donors (Lipinski definition) is 1. The van der Waals surface area contributed by atoms with Crippen LogP contribution in [0, 0.1) is 5.92 Å². The molecule has 0 spiro atoms. The van der Waals surface area contributed by atoms with Gasteiger partial charge in [0, 0.05) is 31.9 Å². The summed E-state index contributed by atoms with van der Waals surface area (Å²) in [5.41, 5.74) is 0.517. The Morgan fingerprint density at radius 2 is 2.00 bits per heavy atom. The number of nitrogens with one attached hydrogen (secondary N) is 1. The Bertz CT molecular complexity index is 1030. The van der Waals surface area contributed by atoms with Crippen molar-refractivity contribution in [2.24, 2.45) is 5.92 Å². The monoisotopic (exact) mass is 507 g/mol. The molecule has 2 amide bonds. The Balaban J connectivity index is 1.38. The summed E-state index contributed by atoms with van der Waals surface area (Å²) in [6.45, 7) is 5.29. The summed E-state index contributed by atoms with van der Waals surface area (Å²) in [7, 11) is -4.06. The summed E-state index contributed by atoms with van der Waals surface area (Å²) in [4.78, 5) is 31.1. The molecule has 0 radical (unpaired) electrons. The number of amides is 2. The fourth-order valence-electron chi connectivity index (χ4n) is 5.95. The van der Waals surface area contributed by atoms with Gasteiger partial charge in [-0.25, -0.2) is 12.7 Å². The van der Waals surface area contributed by atoms with E-state index in [2.05, 4.69) is 9.62 Å². The Morgan fingerprint density at radius 1 is 1.21 bits per heavy atom. The molecule has 0 aliphatic carbocycles. The van der Waals surface area contributed by atoms with Gasteiger partial charge in [-0.1, -0.05) is 19.8 Å². The van der Waals surface area contributed by atoms with Crippen molar-refractivity contribution in [2.45, 2.75) is 64.0 Å². The van der Waals surface area contributed by atoms with Crippen molar-refractivity contribution in [3.63, 3.8) is 0 Å². The largest absolute Gasteiger partial charge is 0.337 e. The quantitative estimate of drug-likeness (QED) is 0.524. The van der Waals surface area contributed by atoms with Gasteiger partial charge in [-0.15, -0.1) is 0 Å². The second-order valence-corrected chi connectivity index (χ2v) is 12.2. The normalized spacial score (nSPS) is 29.1. The summed E-state index contributed by atoms with van der Waals surface area (Å²) in [6.07, 6.45) is 12.5. The summed E-state index contributed by atoms with van der Waals surface area (Å²) in [6, 6.07) is -0.882. The van der Waals surface area contributed by atoms with Crippen LogP contribution in [0.1, 0.15) is 51.9 Å². The molecule has 3 saturated heterocycles. The molecule has 1 N–H and O–H groups in total. The Kier molecular flexibility index (Phi) is 6.69. The number of hydrogen-bond acceptors (Lipinski definition) is 8. The van der Waals surface area contributed by atoms with Gasteiger partial charge < -0.3 is 14.5 Å². The average molecular weight is 508 g/mol. The SMILES string of the molecule is CCC[C@H]1C(=O)N(S(=O)(=O)C2=CC=CN3SNC=C23)[C@H]2CCN(C(=O)CCN3CCCCC3)[C@H]12. The van der Waals surface area contributed by atoms with Gasteiger partial charge in [-0.3, -0.25) is 13.9 Å². The van der Waals surface area contributed by atoms with E-state index >= 15 is 0 Å². The van der Waals surface area contributed by atoms with Crippen molar-refractivity contribution in [1.82, 2.24) is 23.1 Å². The van der Waals surface area contributed by atoms with E-state index in [1.54, 1.807) is 28.9 Å². The molecule has 5 rings (SSSR count). The van der Waals surface area contributed by atoms with Crippen LogP contribution in [-0.2, 0) is 19.6 Å². The van der Waals surface area contributed by atoms with Crippen molar-refractivity contribution in [3.8, 4) is 0 Å². The molecule has 3 fully saturated rings. The zero-order valence-electron chi connectivity index (χ0n) is 19.6. The zero-order valence-corrected chi connectivity index (χ0v) is 21.2. The van der Waals surface area contributed by atoms with Crippen LogP contribution < -0.4 is 4.72 Å². The smallest absolute Gasteiger partial charge is 0.268 e. The first kappa shape index (κ1) is 23.7. The number of carbonyl (C=O) groups is 2. The van der Waals surface area contributed by atoms with Crippen LogP contribution in [0.2, 0.25) is 0 Å². The second-order valence-electron chi connectivity index (χ2n) is 9.56. The maximum absolute atomic E-state index is 13.8. The highest BCUT2D eigenvalue weighted by atomic mass is 32.2. The molecule has 5 aliphatic heterocycles. The first-order valence-electron chi connectivity index (χ1n) is 12.3. The van der Waals surface area contributed by atoms with E-state index < -0.39 is 22.0 Å². The number of piperidine rings is 1. The molecule has 0 aromatic heterocycles. The number of sulfonamides is 1. The van der Waals surface area contributed by atoms with Crippen LogP contribution in [0.4, 0.5) is 0 Å². The van der Waals surface area contributed by atoms with Gasteiger partial charge in [0.15, 0.2) is 0 Å². The molecule has 5 heterocycles. The third-order valence-corrected chi connectivity index (χ3v) is 10.1. The molecule has 186 valence electrons. The minimum absolute atomic E-state index is 0.0383. The average Bonchev–Trinajstić information content (AvgIpc) is 3.54. The zero-order chi connectivity index (χ0) is 23.9. The summed E-state index contributed by atoms with van der Waals surface area (Å²) < 4.78 is 33.5. The topological polar surface area (TPSA) is 93.3 Å². The number of likely N-dealkylation sites (tertiary alicyclic amines) is 2. The van der Waals surface area contributed by atoms with E-state index in [9.17, 15) is 18.0 Å².